The predicted octanol–water partition coefficient (Wildman–Crippen LogP) is 3.79. The Morgan fingerprint density at radius 2 is 1.94 bits per heavy atom. The van der Waals surface area contributed by atoms with Gasteiger partial charge in [-0.3, -0.25) is 0 Å². The third-order valence-electron chi connectivity index (χ3n) is 2.48. The van der Waals surface area contributed by atoms with Gasteiger partial charge >= 0.3 is 0 Å². The number of hydrogen-bond acceptors (Lipinski definition) is 2. The van der Waals surface area contributed by atoms with Crippen molar-refractivity contribution in [3.8, 4) is 17.0 Å². The van der Waals surface area contributed by atoms with Crippen LogP contribution in [-0.4, -0.2) is 9.78 Å². The fourth-order valence-electron chi connectivity index (χ4n) is 1.63. The lowest BCUT2D eigenvalue weighted by molar-refractivity contribution is 0.582. The van der Waals surface area contributed by atoms with Crippen LogP contribution in [0.5, 0.6) is 0 Å². The molecule has 0 saturated heterocycles. The highest BCUT2D eigenvalue weighted by molar-refractivity contribution is 6.30. The summed E-state index contributed by atoms with van der Waals surface area (Å²) >= 11 is 5.84. The highest BCUT2D eigenvalue weighted by Gasteiger charge is 2.05. The Morgan fingerprint density at radius 1 is 1.12 bits per heavy atom. The van der Waals surface area contributed by atoms with E-state index in [2.05, 4.69) is 5.10 Å². The van der Waals surface area contributed by atoms with Gasteiger partial charge in [-0.05, 0) is 36.4 Å². The Morgan fingerprint density at radius 3 is 2.65 bits per heavy atom. The second-order valence-corrected chi connectivity index (χ2v) is 4.06. The largest absolute Gasteiger partial charge is 0.464 e. The molecule has 0 N–H and O–H groups in total. The number of rotatable bonds is 2. The minimum absolute atomic E-state index is 0.715. The standard InChI is InChI=1S/C13H9ClN2O/c14-11-3-5-12(6-4-11)16-9-10(8-15-16)13-2-1-7-17-13/h1-9H. The van der Waals surface area contributed by atoms with E-state index < -0.39 is 0 Å². The van der Waals surface area contributed by atoms with Crippen LogP contribution in [0.1, 0.15) is 0 Å². The molecule has 2 heterocycles. The van der Waals surface area contributed by atoms with Crippen molar-refractivity contribution in [2.45, 2.75) is 0 Å². The molecule has 0 aliphatic carbocycles. The first-order valence-corrected chi connectivity index (χ1v) is 5.55. The molecule has 17 heavy (non-hydrogen) atoms. The van der Waals surface area contributed by atoms with E-state index in [-0.39, 0.29) is 0 Å². The molecule has 84 valence electrons. The molecule has 4 heteroatoms. The van der Waals surface area contributed by atoms with Gasteiger partial charge in [0.25, 0.3) is 0 Å². The normalized spacial score (nSPS) is 10.6. The third-order valence-corrected chi connectivity index (χ3v) is 2.73. The Balaban J connectivity index is 1.98. The highest BCUT2D eigenvalue weighted by Crippen LogP contribution is 2.20. The van der Waals surface area contributed by atoms with Gasteiger partial charge < -0.3 is 4.42 Å². The van der Waals surface area contributed by atoms with Crippen molar-refractivity contribution in [1.29, 1.82) is 0 Å². The first-order valence-electron chi connectivity index (χ1n) is 5.17. The second kappa shape index (κ2) is 4.11. The molecule has 3 rings (SSSR count). The summed E-state index contributed by atoms with van der Waals surface area (Å²) in [6.45, 7) is 0. The maximum absolute atomic E-state index is 5.84. The number of hydrogen-bond donors (Lipinski definition) is 0. The Hall–Kier alpha value is -2.00. The van der Waals surface area contributed by atoms with Gasteiger partial charge in [0.15, 0.2) is 0 Å². The average molecular weight is 245 g/mol. The van der Waals surface area contributed by atoms with Gasteiger partial charge in [-0.15, -0.1) is 0 Å². The maximum atomic E-state index is 5.84. The molecular weight excluding hydrogens is 236 g/mol. The van der Waals surface area contributed by atoms with Crippen molar-refractivity contribution in [3.05, 3.63) is 60.1 Å². The number of aromatic nitrogens is 2. The minimum atomic E-state index is 0.715. The lowest BCUT2D eigenvalue weighted by Crippen LogP contribution is -1.92. The summed E-state index contributed by atoms with van der Waals surface area (Å²) in [6, 6.07) is 11.3. The summed E-state index contributed by atoms with van der Waals surface area (Å²) in [6.07, 6.45) is 5.34. The Labute approximate surface area is 103 Å². The molecule has 0 fully saturated rings. The molecule has 3 nitrogen and oxygen atoms in total. The molecule has 0 unspecified atom stereocenters. The van der Waals surface area contributed by atoms with Crippen LogP contribution in [0.15, 0.2) is 59.5 Å². The van der Waals surface area contributed by atoms with E-state index in [0.717, 1.165) is 17.0 Å². The average Bonchev–Trinajstić information content (AvgIpc) is 3.00. The zero-order chi connectivity index (χ0) is 11.7. The number of nitrogens with zero attached hydrogens (tertiary/aromatic N) is 2. The smallest absolute Gasteiger partial charge is 0.137 e. The molecule has 1 aromatic carbocycles. The van der Waals surface area contributed by atoms with Gasteiger partial charge in [-0.25, -0.2) is 4.68 Å². The van der Waals surface area contributed by atoms with Crippen LogP contribution in [0.3, 0.4) is 0 Å². The summed E-state index contributed by atoms with van der Waals surface area (Å²) in [7, 11) is 0. The third kappa shape index (κ3) is 1.97. The molecule has 0 amide bonds. The molecule has 3 aromatic rings. The van der Waals surface area contributed by atoms with Crippen LogP contribution in [-0.2, 0) is 0 Å². The first-order chi connectivity index (χ1) is 8.33. The van der Waals surface area contributed by atoms with Crippen LogP contribution in [0.4, 0.5) is 0 Å². The summed E-state index contributed by atoms with van der Waals surface area (Å²) in [5.41, 5.74) is 1.91. The molecule has 0 atom stereocenters. The van der Waals surface area contributed by atoms with Crippen molar-refractivity contribution < 1.29 is 4.42 Å². The van der Waals surface area contributed by atoms with E-state index in [1.165, 1.54) is 0 Å². The van der Waals surface area contributed by atoms with Gasteiger partial charge in [-0.1, -0.05) is 11.6 Å². The second-order valence-electron chi connectivity index (χ2n) is 3.63. The number of benzene rings is 1. The van der Waals surface area contributed by atoms with Gasteiger partial charge in [0.1, 0.15) is 5.76 Å². The van der Waals surface area contributed by atoms with E-state index in [1.54, 1.807) is 17.1 Å². The SMILES string of the molecule is Clc1ccc(-n2cc(-c3ccco3)cn2)cc1. The Kier molecular flexibility index (Phi) is 2.46. The van der Waals surface area contributed by atoms with Gasteiger partial charge in [0.05, 0.1) is 23.7 Å². The van der Waals surface area contributed by atoms with Crippen molar-refractivity contribution in [2.75, 3.05) is 0 Å². The van der Waals surface area contributed by atoms with Gasteiger partial charge in [0.2, 0.25) is 0 Å². The fraction of sp³-hybridized carbons (Fsp3) is 0. The molecular formula is C13H9ClN2O. The van der Waals surface area contributed by atoms with Crippen molar-refractivity contribution >= 4 is 11.6 Å². The molecule has 0 aliphatic rings. The zero-order valence-corrected chi connectivity index (χ0v) is 9.63. The number of furan rings is 1. The van der Waals surface area contributed by atoms with Crippen LogP contribution in [0.2, 0.25) is 5.02 Å². The van der Waals surface area contributed by atoms with Crippen LogP contribution < -0.4 is 0 Å². The highest BCUT2D eigenvalue weighted by atomic mass is 35.5. The summed E-state index contributed by atoms with van der Waals surface area (Å²) in [5, 5.41) is 5.00. The molecule has 2 aromatic heterocycles. The predicted molar refractivity (Wildman–Crippen MR) is 66.3 cm³/mol. The lowest BCUT2D eigenvalue weighted by Gasteiger charge is -1.99. The molecule has 0 radical (unpaired) electrons. The van der Waals surface area contributed by atoms with E-state index in [4.69, 9.17) is 16.0 Å². The summed E-state index contributed by atoms with van der Waals surface area (Å²) in [4.78, 5) is 0. The molecule has 0 spiro atoms. The van der Waals surface area contributed by atoms with E-state index >= 15 is 0 Å². The first kappa shape index (κ1) is 10.2. The summed E-state index contributed by atoms with van der Waals surface area (Å²) in [5.74, 6) is 0.810. The van der Waals surface area contributed by atoms with Crippen molar-refractivity contribution in [3.63, 3.8) is 0 Å². The minimum Gasteiger partial charge on any atom is -0.464 e. The Bertz CT molecular complexity index is 611. The van der Waals surface area contributed by atoms with Crippen molar-refractivity contribution in [2.24, 2.45) is 0 Å². The molecule has 0 saturated carbocycles. The van der Waals surface area contributed by atoms with E-state index in [1.807, 2.05) is 42.6 Å². The number of halogens is 1. The fourth-order valence-corrected chi connectivity index (χ4v) is 1.75. The van der Waals surface area contributed by atoms with Crippen LogP contribution in [0, 0.1) is 0 Å². The monoisotopic (exact) mass is 244 g/mol. The van der Waals surface area contributed by atoms with Gasteiger partial charge in [-0.2, -0.15) is 5.10 Å². The van der Waals surface area contributed by atoms with Crippen LogP contribution in [0.25, 0.3) is 17.0 Å². The quantitative estimate of drug-likeness (QED) is 0.687. The molecule has 0 aliphatic heterocycles. The maximum Gasteiger partial charge on any atom is 0.137 e. The van der Waals surface area contributed by atoms with Crippen molar-refractivity contribution in [1.82, 2.24) is 9.78 Å². The lowest BCUT2D eigenvalue weighted by atomic mass is 10.3. The van der Waals surface area contributed by atoms with Crippen LogP contribution >= 0.6 is 11.6 Å². The van der Waals surface area contributed by atoms with E-state index in [0.29, 0.717) is 5.02 Å². The van der Waals surface area contributed by atoms with E-state index in [9.17, 15) is 0 Å². The topological polar surface area (TPSA) is 31.0 Å². The summed E-state index contributed by atoms with van der Waals surface area (Å²) < 4.78 is 7.10. The molecule has 0 bridgehead atoms. The van der Waals surface area contributed by atoms with Gasteiger partial charge in [0, 0.05) is 11.2 Å². The zero-order valence-electron chi connectivity index (χ0n) is 8.88.